The van der Waals surface area contributed by atoms with E-state index in [0.717, 1.165) is 0 Å². The maximum atomic E-state index is 12.2. The summed E-state index contributed by atoms with van der Waals surface area (Å²) in [7, 11) is 0. The number of aliphatic hydroxyl groups excluding tert-OH is 1. The van der Waals surface area contributed by atoms with Crippen LogP contribution in [0.2, 0.25) is 0 Å². The van der Waals surface area contributed by atoms with E-state index >= 15 is 0 Å². The number of aliphatic hydroxyl groups is 1. The Morgan fingerprint density at radius 1 is 1.10 bits per heavy atom. The van der Waals surface area contributed by atoms with Crippen LogP contribution in [0.3, 0.4) is 0 Å². The minimum absolute atomic E-state index is 0.0612. The van der Waals surface area contributed by atoms with E-state index in [-0.39, 0.29) is 11.9 Å². The first-order valence-corrected chi connectivity index (χ1v) is 7.49. The topological polar surface area (TPSA) is 64.1 Å². The van der Waals surface area contributed by atoms with E-state index < -0.39 is 6.10 Å². The molecule has 0 radical (unpaired) electrons. The molecule has 1 atom stereocenters. The normalized spacial score (nSPS) is 17.0. The molecule has 116 valence electrons. The number of carbonyl (C=O) groups excluding carboxylic acids is 2. The van der Waals surface area contributed by atoms with Crippen molar-refractivity contribution in [2.45, 2.75) is 39.7 Å². The maximum Gasteiger partial charge on any atom is 0.320 e. The van der Waals surface area contributed by atoms with Crippen LogP contribution >= 0.6 is 0 Å². The van der Waals surface area contributed by atoms with Gasteiger partial charge in [0.1, 0.15) is 0 Å². The molecule has 1 aliphatic rings. The molecule has 0 bridgehead atoms. The Morgan fingerprint density at radius 3 is 2.05 bits per heavy atom. The highest BCUT2D eigenvalue weighted by Crippen LogP contribution is 2.08. The first-order valence-electron chi connectivity index (χ1n) is 7.49. The number of rotatable bonds is 5. The lowest BCUT2D eigenvalue weighted by Crippen LogP contribution is -2.54. The highest BCUT2D eigenvalue weighted by atomic mass is 16.3. The predicted octanol–water partition coefficient (Wildman–Crippen LogP) is 0.753. The molecule has 1 aliphatic heterocycles. The van der Waals surface area contributed by atoms with Crippen LogP contribution in [0.1, 0.15) is 33.6 Å². The molecular weight excluding hydrogens is 258 g/mol. The van der Waals surface area contributed by atoms with Gasteiger partial charge in [-0.1, -0.05) is 0 Å². The summed E-state index contributed by atoms with van der Waals surface area (Å²) in [4.78, 5) is 29.5. The van der Waals surface area contributed by atoms with Gasteiger partial charge in [0.2, 0.25) is 5.91 Å². The number of carbonyl (C=O) groups is 2. The molecule has 20 heavy (non-hydrogen) atoms. The van der Waals surface area contributed by atoms with Gasteiger partial charge in [0.15, 0.2) is 0 Å². The fraction of sp³-hybridized carbons (Fsp3) is 0.857. The molecule has 1 rings (SSSR count). The van der Waals surface area contributed by atoms with Gasteiger partial charge in [-0.3, -0.25) is 4.79 Å². The average Bonchev–Trinajstić information content (AvgIpc) is 2.46. The van der Waals surface area contributed by atoms with Gasteiger partial charge in [-0.15, -0.1) is 0 Å². The summed E-state index contributed by atoms with van der Waals surface area (Å²) in [6, 6.07) is 0.0612. The lowest BCUT2D eigenvalue weighted by Gasteiger charge is -2.37. The Balaban J connectivity index is 2.39. The van der Waals surface area contributed by atoms with Crippen molar-refractivity contribution in [3.63, 3.8) is 0 Å². The lowest BCUT2D eigenvalue weighted by atomic mass is 10.2. The Labute approximate surface area is 121 Å². The minimum atomic E-state index is -0.440. The van der Waals surface area contributed by atoms with Gasteiger partial charge < -0.3 is 19.8 Å². The van der Waals surface area contributed by atoms with Crippen molar-refractivity contribution in [1.29, 1.82) is 0 Å². The summed E-state index contributed by atoms with van der Waals surface area (Å²) in [5.41, 5.74) is 0. The SMILES string of the molecule is CCN(CC)C(=O)N1CCN(C(=O)CCC(C)O)CC1. The summed E-state index contributed by atoms with van der Waals surface area (Å²) in [6.45, 7) is 9.41. The van der Waals surface area contributed by atoms with Crippen LogP contribution in [0.4, 0.5) is 4.79 Å². The first kappa shape index (κ1) is 16.8. The zero-order chi connectivity index (χ0) is 15.1. The van der Waals surface area contributed by atoms with Crippen molar-refractivity contribution in [2.75, 3.05) is 39.3 Å². The second-order valence-corrected chi connectivity index (χ2v) is 5.21. The van der Waals surface area contributed by atoms with E-state index in [4.69, 9.17) is 0 Å². The maximum absolute atomic E-state index is 12.2. The van der Waals surface area contributed by atoms with E-state index in [2.05, 4.69) is 0 Å². The largest absolute Gasteiger partial charge is 0.393 e. The van der Waals surface area contributed by atoms with E-state index in [0.29, 0.717) is 52.1 Å². The molecule has 1 heterocycles. The zero-order valence-electron chi connectivity index (χ0n) is 12.8. The molecule has 3 amide bonds. The molecule has 1 unspecified atom stereocenters. The molecule has 0 aromatic carbocycles. The average molecular weight is 285 g/mol. The lowest BCUT2D eigenvalue weighted by molar-refractivity contribution is -0.133. The smallest absolute Gasteiger partial charge is 0.320 e. The van der Waals surface area contributed by atoms with Crippen LogP contribution in [-0.4, -0.2) is 77.1 Å². The van der Waals surface area contributed by atoms with Gasteiger partial charge in [0.25, 0.3) is 0 Å². The number of nitrogens with zero attached hydrogens (tertiary/aromatic N) is 3. The Bertz CT molecular complexity index is 322. The molecule has 1 N–H and O–H groups in total. The first-order chi connectivity index (χ1) is 9.49. The summed E-state index contributed by atoms with van der Waals surface area (Å²) in [5, 5.41) is 9.20. The Hall–Kier alpha value is -1.30. The third-order valence-corrected chi connectivity index (χ3v) is 3.71. The molecule has 1 saturated heterocycles. The van der Waals surface area contributed by atoms with Gasteiger partial charge in [0, 0.05) is 45.7 Å². The molecule has 6 nitrogen and oxygen atoms in total. The van der Waals surface area contributed by atoms with Crippen LogP contribution < -0.4 is 0 Å². The van der Waals surface area contributed by atoms with E-state index in [1.807, 2.05) is 18.7 Å². The van der Waals surface area contributed by atoms with Crippen molar-refractivity contribution in [2.24, 2.45) is 0 Å². The van der Waals surface area contributed by atoms with Crippen molar-refractivity contribution in [3.05, 3.63) is 0 Å². The molecule has 1 fully saturated rings. The Morgan fingerprint density at radius 2 is 1.60 bits per heavy atom. The highest BCUT2D eigenvalue weighted by Gasteiger charge is 2.25. The summed E-state index contributed by atoms with van der Waals surface area (Å²) in [6.07, 6.45) is 0.434. The third kappa shape index (κ3) is 4.67. The summed E-state index contributed by atoms with van der Waals surface area (Å²) in [5.74, 6) is 0.0702. The molecule has 0 aliphatic carbocycles. The van der Waals surface area contributed by atoms with Gasteiger partial charge in [0.05, 0.1) is 6.10 Å². The van der Waals surface area contributed by atoms with Gasteiger partial charge in [-0.2, -0.15) is 0 Å². The molecule has 0 aromatic rings. The molecular formula is C14H27N3O3. The zero-order valence-corrected chi connectivity index (χ0v) is 12.8. The van der Waals surface area contributed by atoms with Crippen LogP contribution in [0.25, 0.3) is 0 Å². The van der Waals surface area contributed by atoms with Crippen molar-refractivity contribution >= 4 is 11.9 Å². The number of urea groups is 1. The number of amides is 3. The standard InChI is InChI=1S/C14H27N3O3/c1-4-15(5-2)14(20)17-10-8-16(9-11-17)13(19)7-6-12(3)18/h12,18H,4-11H2,1-3H3. The second-order valence-electron chi connectivity index (χ2n) is 5.21. The quantitative estimate of drug-likeness (QED) is 0.811. The monoisotopic (exact) mass is 285 g/mol. The van der Waals surface area contributed by atoms with Crippen LogP contribution in [-0.2, 0) is 4.79 Å². The van der Waals surface area contributed by atoms with E-state index in [1.165, 1.54) is 0 Å². The molecule has 0 spiro atoms. The van der Waals surface area contributed by atoms with Gasteiger partial charge in [-0.25, -0.2) is 4.79 Å². The minimum Gasteiger partial charge on any atom is -0.393 e. The Kier molecular flexibility index (Phi) is 6.78. The van der Waals surface area contributed by atoms with E-state index in [1.54, 1.807) is 16.7 Å². The van der Waals surface area contributed by atoms with Crippen molar-refractivity contribution < 1.29 is 14.7 Å². The van der Waals surface area contributed by atoms with Crippen molar-refractivity contribution in [3.8, 4) is 0 Å². The second kappa shape index (κ2) is 8.09. The van der Waals surface area contributed by atoms with Crippen molar-refractivity contribution in [1.82, 2.24) is 14.7 Å². The third-order valence-electron chi connectivity index (χ3n) is 3.71. The van der Waals surface area contributed by atoms with Gasteiger partial charge in [-0.05, 0) is 27.2 Å². The van der Waals surface area contributed by atoms with Crippen LogP contribution in [0, 0.1) is 0 Å². The highest BCUT2D eigenvalue weighted by molar-refractivity contribution is 5.77. The van der Waals surface area contributed by atoms with Gasteiger partial charge >= 0.3 is 6.03 Å². The fourth-order valence-electron chi connectivity index (χ4n) is 2.33. The summed E-state index contributed by atoms with van der Waals surface area (Å²) < 4.78 is 0. The van der Waals surface area contributed by atoms with Crippen LogP contribution in [0.5, 0.6) is 0 Å². The summed E-state index contributed by atoms with van der Waals surface area (Å²) >= 11 is 0. The fourth-order valence-corrected chi connectivity index (χ4v) is 2.33. The molecule has 0 aromatic heterocycles. The molecule has 6 heteroatoms. The van der Waals surface area contributed by atoms with Crippen LogP contribution in [0.15, 0.2) is 0 Å². The predicted molar refractivity (Wildman–Crippen MR) is 77.4 cm³/mol. The number of hydrogen-bond acceptors (Lipinski definition) is 3. The molecule has 0 saturated carbocycles. The number of piperazine rings is 1. The number of hydrogen-bond donors (Lipinski definition) is 1. The van der Waals surface area contributed by atoms with E-state index in [9.17, 15) is 14.7 Å².